The maximum absolute atomic E-state index is 12.1. The van der Waals surface area contributed by atoms with Gasteiger partial charge < -0.3 is 10.6 Å². The van der Waals surface area contributed by atoms with Gasteiger partial charge >= 0.3 is 0 Å². The first-order chi connectivity index (χ1) is 9.52. The molecule has 0 fully saturated rings. The van der Waals surface area contributed by atoms with Crippen LogP contribution in [0.15, 0.2) is 18.5 Å². The summed E-state index contributed by atoms with van der Waals surface area (Å²) in [6.45, 7) is 2.36. The molecule has 0 spiro atoms. The van der Waals surface area contributed by atoms with E-state index in [4.69, 9.17) is 11.6 Å². The summed E-state index contributed by atoms with van der Waals surface area (Å²) in [6, 6.07) is 1.62. The standard InChI is InChI=1S/C13H16ClN5O/c1-8-9(6-18-19(8)3)5-17-13(20)10-4-12(15-2)16-7-11(10)14/h4,6-7H,5H2,1-3H3,(H,15,16)(H,17,20). The number of aryl methyl sites for hydroxylation is 1. The summed E-state index contributed by atoms with van der Waals surface area (Å²) in [7, 11) is 3.59. The number of halogens is 1. The Labute approximate surface area is 122 Å². The van der Waals surface area contributed by atoms with E-state index in [0.29, 0.717) is 22.9 Å². The van der Waals surface area contributed by atoms with Crippen LogP contribution in [0.4, 0.5) is 5.82 Å². The summed E-state index contributed by atoms with van der Waals surface area (Å²) in [5, 5.41) is 10.2. The molecule has 0 aromatic carbocycles. The predicted molar refractivity (Wildman–Crippen MR) is 77.9 cm³/mol. The molecule has 106 valence electrons. The molecule has 0 saturated heterocycles. The summed E-state index contributed by atoms with van der Waals surface area (Å²) in [5.41, 5.74) is 2.38. The molecule has 2 heterocycles. The zero-order chi connectivity index (χ0) is 14.7. The Balaban J connectivity index is 2.10. The van der Waals surface area contributed by atoms with E-state index in [9.17, 15) is 4.79 Å². The molecule has 0 unspecified atom stereocenters. The van der Waals surface area contributed by atoms with Gasteiger partial charge in [-0.05, 0) is 13.0 Å². The Hall–Kier alpha value is -2.08. The van der Waals surface area contributed by atoms with Crippen LogP contribution in [0.3, 0.4) is 0 Å². The number of carbonyl (C=O) groups excluding carboxylic acids is 1. The van der Waals surface area contributed by atoms with Crippen LogP contribution in [0.5, 0.6) is 0 Å². The van der Waals surface area contributed by atoms with Gasteiger partial charge in [0.25, 0.3) is 5.91 Å². The molecule has 20 heavy (non-hydrogen) atoms. The van der Waals surface area contributed by atoms with Gasteiger partial charge in [0.2, 0.25) is 0 Å². The lowest BCUT2D eigenvalue weighted by Crippen LogP contribution is -2.23. The number of anilines is 1. The number of nitrogens with one attached hydrogen (secondary N) is 2. The molecule has 0 aliphatic heterocycles. The second kappa shape index (κ2) is 5.92. The van der Waals surface area contributed by atoms with Crippen LogP contribution in [-0.2, 0) is 13.6 Å². The number of hydrogen-bond acceptors (Lipinski definition) is 4. The molecule has 2 N–H and O–H groups in total. The molecule has 2 aromatic heterocycles. The van der Waals surface area contributed by atoms with Crippen molar-refractivity contribution in [2.75, 3.05) is 12.4 Å². The van der Waals surface area contributed by atoms with Gasteiger partial charge in [0.1, 0.15) is 5.82 Å². The van der Waals surface area contributed by atoms with E-state index in [2.05, 4.69) is 20.7 Å². The van der Waals surface area contributed by atoms with Crippen molar-refractivity contribution in [1.29, 1.82) is 0 Å². The number of carbonyl (C=O) groups is 1. The molecule has 2 aromatic rings. The van der Waals surface area contributed by atoms with Crippen molar-refractivity contribution >= 4 is 23.3 Å². The minimum Gasteiger partial charge on any atom is -0.373 e. The SMILES string of the molecule is CNc1cc(C(=O)NCc2cnn(C)c2C)c(Cl)cn1. The second-order valence-corrected chi connectivity index (χ2v) is 4.77. The molecular formula is C13H16ClN5O. The molecule has 2 rings (SSSR count). The minimum atomic E-state index is -0.239. The zero-order valence-corrected chi connectivity index (χ0v) is 12.3. The van der Waals surface area contributed by atoms with Crippen molar-refractivity contribution in [1.82, 2.24) is 20.1 Å². The van der Waals surface area contributed by atoms with Crippen molar-refractivity contribution in [3.63, 3.8) is 0 Å². The van der Waals surface area contributed by atoms with Gasteiger partial charge in [0.15, 0.2) is 0 Å². The van der Waals surface area contributed by atoms with Crippen LogP contribution in [0, 0.1) is 6.92 Å². The molecule has 7 heteroatoms. The third-order valence-electron chi connectivity index (χ3n) is 3.13. The zero-order valence-electron chi connectivity index (χ0n) is 11.6. The van der Waals surface area contributed by atoms with Crippen LogP contribution >= 0.6 is 11.6 Å². The normalized spacial score (nSPS) is 10.4. The highest BCUT2D eigenvalue weighted by Crippen LogP contribution is 2.18. The van der Waals surface area contributed by atoms with E-state index in [0.717, 1.165) is 11.3 Å². The molecule has 0 radical (unpaired) electrons. The lowest BCUT2D eigenvalue weighted by molar-refractivity contribution is 0.0951. The van der Waals surface area contributed by atoms with Gasteiger partial charge in [-0.15, -0.1) is 0 Å². The van der Waals surface area contributed by atoms with Crippen molar-refractivity contribution < 1.29 is 4.79 Å². The van der Waals surface area contributed by atoms with Gasteiger partial charge in [0, 0.05) is 38.1 Å². The molecule has 0 atom stereocenters. The third kappa shape index (κ3) is 2.91. The smallest absolute Gasteiger partial charge is 0.253 e. The Morgan fingerprint density at radius 3 is 2.80 bits per heavy atom. The number of nitrogens with zero attached hydrogens (tertiary/aromatic N) is 3. The Kier molecular flexibility index (Phi) is 4.24. The minimum absolute atomic E-state index is 0.239. The fraction of sp³-hybridized carbons (Fsp3) is 0.308. The third-order valence-corrected chi connectivity index (χ3v) is 3.43. The van der Waals surface area contributed by atoms with E-state index in [-0.39, 0.29) is 5.91 Å². The topological polar surface area (TPSA) is 71.8 Å². The molecule has 6 nitrogen and oxygen atoms in total. The quantitative estimate of drug-likeness (QED) is 0.901. The van der Waals surface area contributed by atoms with E-state index in [1.165, 1.54) is 6.20 Å². The highest BCUT2D eigenvalue weighted by molar-refractivity contribution is 6.33. The maximum atomic E-state index is 12.1. The van der Waals surface area contributed by atoms with Crippen LogP contribution in [0.1, 0.15) is 21.6 Å². The van der Waals surface area contributed by atoms with Crippen LogP contribution in [0.2, 0.25) is 5.02 Å². The monoisotopic (exact) mass is 293 g/mol. The molecule has 0 saturated carbocycles. The Bertz CT molecular complexity index is 638. The highest BCUT2D eigenvalue weighted by atomic mass is 35.5. The van der Waals surface area contributed by atoms with Gasteiger partial charge in [-0.3, -0.25) is 9.48 Å². The number of rotatable bonds is 4. The summed E-state index contributed by atoms with van der Waals surface area (Å²) in [4.78, 5) is 16.2. The summed E-state index contributed by atoms with van der Waals surface area (Å²) < 4.78 is 1.76. The lowest BCUT2D eigenvalue weighted by atomic mass is 10.2. The number of amides is 1. The second-order valence-electron chi connectivity index (χ2n) is 4.36. The molecule has 0 bridgehead atoms. The van der Waals surface area contributed by atoms with Crippen molar-refractivity contribution in [2.45, 2.75) is 13.5 Å². The first kappa shape index (κ1) is 14.3. The maximum Gasteiger partial charge on any atom is 0.253 e. The highest BCUT2D eigenvalue weighted by Gasteiger charge is 2.12. The fourth-order valence-corrected chi connectivity index (χ4v) is 1.93. The van der Waals surface area contributed by atoms with Crippen LogP contribution in [-0.4, -0.2) is 27.7 Å². The number of aromatic nitrogens is 3. The van der Waals surface area contributed by atoms with E-state index in [1.807, 2.05) is 14.0 Å². The average molecular weight is 294 g/mol. The van der Waals surface area contributed by atoms with E-state index >= 15 is 0 Å². The predicted octanol–water partition coefficient (Wildman–Crippen LogP) is 1.75. The molecule has 1 amide bonds. The van der Waals surface area contributed by atoms with E-state index < -0.39 is 0 Å². The molecule has 0 aliphatic rings. The largest absolute Gasteiger partial charge is 0.373 e. The summed E-state index contributed by atoms with van der Waals surface area (Å²) in [5.74, 6) is 0.356. The fourth-order valence-electron chi connectivity index (χ4n) is 1.74. The Morgan fingerprint density at radius 1 is 1.45 bits per heavy atom. The van der Waals surface area contributed by atoms with Gasteiger partial charge in [0.05, 0.1) is 16.8 Å². The van der Waals surface area contributed by atoms with Gasteiger partial charge in [-0.25, -0.2) is 4.98 Å². The van der Waals surface area contributed by atoms with Crippen LogP contribution in [0.25, 0.3) is 0 Å². The van der Waals surface area contributed by atoms with Crippen molar-refractivity contribution in [2.24, 2.45) is 7.05 Å². The lowest BCUT2D eigenvalue weighted by Gasteiger charge is -2.08. The number of hydrogen-bond donors (Lipinski definition) is 2. The first-order valence-electron chi connectivity index (χ1n) is 6.12. The van der Waals surface area contributed by atoms with E-state index in [1.54, 1.807) is 24.0 Å². The van der Waals surface area contributed by atoms with Crippen molar-refractivity contribution in [3.8, 4) is 0 Å². The van der Waals surface area contributed by atoms with Crippen LogP contribution < -0.4 is 10.6 Å². The number of pyridine rings is 1. The first-order valence-corrected chi connectivity index (χ1v) is 6.49. The van der Waals surface area contributed by atoms with Gasteiger partial charge in [-0.1, -0.05) is 11.6 Å². The van der Waals surface area contributed by atoms with Crippen molar-refractivity contribution in [3.05, 3.63) is 40.3 Å². The average Bonchev–Trinajstić information content (AvgIpc) is 2.77. The summed E-state index contributed by atoms with van der Waals surface area (Å²) >= 11 is 6.00. The summed E-state index contributed by atoms with van der Waals surface area (Å²) in [6.07, 6.45) is 3.19. The molecular weight excluding hydrogens is 278 g/mol. The molecule has 0 aliphatic carbocycles. The van der Waals surface area contributed by atoms with Gasteiger partial charge in [-0.2, -0.15) is 5.10 Å². The Morgan fingerprint density at radius 2 is 2.20 bits per heavy atom.